The van der Waals surface area contributed by atoms with E-state index in [1.165, 1.54) is 23.1 Å². The maximum absolute atomic E-state index is 12.8. The zero-order chi connectivity index (χ0) is 27.8. The van der Waals surface area contributed by atoms with Crippen LogP contribution in [0.25, 0.3) is 17.1 Å². The second-order valence-corrected chi connectivity index (χ2v) is 11.7. The summed E-state index contributed by atoms with van der Waals surface area (Å²) in [5.41, 5.74) is 1.96. The van der Waals surface area contributed by atoms with Crippen LogP contribution in [0.15, 0.2) is 59.1 Å². The molecule has 4 rings (SSSR count). The normalized spacial score (nSPS) is 12.2. The second-order valence-electron chi connectivity index (χ2n) is 9.03. The maximum Gasteiger partial charge on any atom is 0.270 e. The maximum atomic E-state index is 12.8. The molecule has 2 aromatic carbocycles. The van der Waals surface area contributed by atoms with Crippen LogP contribution in [-0.4, -0.2) is 56.2 Å². The number of halogens is 2. The highest BCUT2D eigenvalue weighted by molar-refractivity contribution is 7.98. The summed E-state index contributed by atoms with van der Waals surface area (Å²) < 4.78 is 1.91. The molecule has 0 saturated carbocycles. The van der Waals surface area contributed by atoms with Crippen LogP contribution >= 0.6 is 46.3 Å². The number of rotatable bonds is 13. The molecule has 2 aromatic heterocycles. The van der Waals surface area contributed by atoms with Gasteiger partial charge in [-0.25, -0.2) is 4.98 Å². The summed E-state index contributed by atoms with van der Waals surface area (Å²) in [6.45, 7) is 9.53. The number of amides is 1. The van der Waals surface area contributed by atoms with Gasteiger partial charge in [0.15, 0.2) is 11.0 Å². The number of aromatic nitrogens is 4. The fourth-order valence-electron chi connectivity index (χ4n) is 4.17. The van der Waals surface area contributed by atoms with Crippen LogP contribution in [0, 0.1) is 0 Å². The molecule has 0 fully saturated rings. The Kier molecular flexibility index (Phi) is 10.8. The molecule has 1 atom stereocenters. The van der Waals surface area contributed by atoms with E-state index in [1.54, 1.807) is 0 Å². The van der Waals surface area contributed by atoms with E-state index in [2.05, 4.69) is 39.2 Å². The van der Waals surface area contributed by atoms with E-state index in [0.717, 1.165) is 48.7 Å². The molecule has 0 spiro atoms. The lowest BCUT2D eigenvalue weighted by molar-refractivity contribution is 0.0932. The van der Waals surface area contributed by atoms with Crippen molar-refractivity contribution in [2.75, 3.05) is 19.6 Å². The smallest absolute Gasteiger partial charge is 0.270 e. The molecular formula is C28H32Cl2N6OS2. The average Bonchev–Trinajstić information content (AvgIpc) is 3.58. The van der Waals surface area contributed by atoms with Crippen molar-refractivity contribution in [3.8, 4) is 17.1 Å². The molecule has 1 amide bonds. The van der Waals surface area contributed by atoms with Crippen LogP contribution in [0.4, 0.5) is 0 Å². The number of benzene rings is 2. The van der Waals surface area contributed by atoms with Gasteiger partial charge >= 0.3 is 0 Å². The van der Waals surface area contributed by atoms with Gasteiger partial charge in [0, 0.05) is 17.0 Å². The average molecular weight is 604 g/mol. The van der Waals surface area contributed by atoms with Crippen molar-refractivity contribution in [1.82, 2.24) is 30.0 Å². The number of thioether (sulfide) groups is 1. The van der Waals surface area contributed by atoms with E-state index < -0.39 is 0 Å². The number of hydrogen-bond donors (Lipinski definition) is 1. The Morgan fingerprint density at radius 1 is 1.08 bits per heavy atom. The lowest BCUT2D eigenvalue weighted by Crippen LogP contribution is -2.33. The van der Waals surface area contributed by atoms with E-state index in [0.29, 0.717) is 32.5 Å². The second kappa shape index (κ2) is 14.3. The predicted molar refractivity (Wildman–Crippen MR) is 162 cm³/mol. The lowest BCUT2D eigenvalue weighted by atomic mass is 10.1. The van der Waals surface area contributed by atoms with Gasteiger partial charge in [0.1, 0.15) is 10.7 Å². The van der Waals surface area contributed by atoms with Gasteiger partial charge in [0.05, 0.1) is 21.5 Å². The van der Waals surface area contributed by atoms with Gasteiger partial charge in [0.25, 0.3) is 5.91 Å². The molecule has 4 aromatic rings. The molecule has 0 radical (unpaired) electrons. The molecule has 0 bridgehead atoms. The third-order valence-corrected chi connectivity index (χ3v) is 8.95. The molecule has 1 N–H and O–H groups in total. The number of nitrogens with zero attached hydrogens (tertiary/aromatic N) is 5. The highest BCUT2D eigenvalue weighted by atomic mass is 35.5. The van der Waals surface area contributed by atoms with E-state index in [4.69, 9.17) is 23.2 Å². The van der Waals surface area contributed by atoms with Gasteiger partial charge < -0.3 is 10.2 Å². The van der Waals surface area contributed by atoms with Crippen molar-refractivity contribution < 1.29 is 4.79 Å². The van der Waals surface area contributed by atoms with Crippen molar-refractivity contribution in [1.29, 1.82) is 0 Å². The van der Waals surface area contributed by atoms with E-state index in [9.17, 15) is 4.79 Å². The summed E-state index contributed by atoms with van der Waals surface area (Å²) in [4.78, 5) is 19.8. The molecular weight excluding hydrogens is 571 g/mol. The zero-order valence-electron chi connectivity index (χ0n) is 22.2. The SMILES string of the molecule is CCN(CC)CCCC(C)NC(=O)c1csc(CSc2nnc(-c3ccccc3Cl)n2-c2ccccc2Cl)n1. The van der Waals surface area contributed by atoms with Crippen molar-refractivity contribution in [3.63, 3.8) is 0 Å². The van der Waals surface area contributed by atoms with Crippen molar-refractivity contribution >= 4 is 52.2 Å². The lowest BCUT2D eigenvalue weighted by Gasteiger charge is -2.19. The van der Waals surface area contributed by atoms with Gasteiger partial charge in [-0.15, -0.1) is 21.5 Å². The van der Waals surface area contributed by atoms with Crippen molar-refractivity contribution in [2.45, 2.75) is 50.6 Å². The molecule has 39 heavy (non-hydrogen) atoms. The van der Waals surface area contributed by atoms with E-state index in [1.807, 2.05) is 65.4 Å². The van der Waals surface area contributed by atoms with Crippen LogP contribution in [-0.2, 0) is 5.75 Å². The number of para-hydroxylation sites is 1. The summed E-state index contributed by atoms with van der Waals surface area (Å²) in [5.74, 6) is 0.992. The first kappa shape index (κ1) is 29.6. The van der Waals surface area contributed by atoms with Crippen LogP contribution in [0.1, 0.15) is 49.1 Å². The predicted octanol–water partition coefficient (Wildman–Crippen LogP) is 7.23. The molecule has 11 heteroatoms. The number of hydrogen-bond acceptors (Lipinski definition) is 7. The number of nitrogens with one attached hydrogen (secondary N) is 1. The first-order valence-corrected chi connectivity index (χ1v) is 15.6. The monoisotopic (exact) mass is 602 g/mol. The molecule has 206 valence electrons. The molecule has 7 nitrogen and oxygen atoms in total. The minimum absolute atomic E-state index is 0.0880. The Labute approximate surface area is 248 Å². The van der Waals surface area contributed by atoms with Crippen molar-refractivity contribution in [2.24, 2.45) is 0 Å². The first-order valence-electron chi connectivity index (χ1n) is 13.0. The molecule has 0 aliphatic carbocycles. The fourth-order valence-corrected chi connectivity index (χ4v) is 6.35. The summed E-state index contributed by atoms with van der Waals surface area (Å²) in [5, 5.41) is 16.4. The first-order chi connectivity index (χ1) is 18.9. The zero-order valence-corrected chi connectivity index (χ0v) is 25.4. The third kappa shape index (κ3) is 7.61. The minimum Gasteiger partial charge on any atom is -0.348 e. The largest absolute Gasteiger partial charge is 0.348 e. The molecule has 0 saturated heterocycles. The van der Waals surface area contributed by atoms with Crippen LogP contribution in [0.2, 0.25) is 10.0 Å². The topological polar surface area (TPSA) is 75.9 Å². The Morgan fingerprint density at radius 2 is 1.79 bits per heavy atom. The molecule has 1 unspecified atom stereocenters. The standard InChI is InChI=1S/C28H32Cl2N6OS2/c1-4-35(5-2)16-10-11-19(3)31-27(37)23-17-38-25(32-23)18-39-28-34-33-26(20-12-6-7-13-21(20)29)36(28)24-15-9-8-14-22(24)30/h6-9,12-15,17,19H,4-5,10-11,16,18H2,1-3H3,(H,31,37). The Morgan fingerprint density at radius 3 is 2.51 bits per heavy atom. The van der Waals surface area contributed by atoms with Crippen LogP contribution in [0.3, 0.4) is 0 Å². The number of thiazole rings is 1. The van der Waals surface area contributed by atoms with Crippen LogP contribution in [0.5, 0.6) is 0 Å². The van der Waals surface area contributed by atoms with Crippen molar-refractivity contribution in [3.05, 3.63) is 74.7 Å². The number of carbonyl (C=O) groups is 1. The fraction of sp³-hybridized carbons (Fsp3) is 0.357. The van der Waals surface area contributed by atoms with Gasteiger partial charge in [-0.3, -0.25) is 9.36 Å². The molecule has 0 aliphatic heterocycles. The van der Waals surface area contributed by atoms with Gasteiger partial charge in [0.2, 0.25) is 0 Å². The molecule has 0 aliphatic rings. The summed E-state index contributed by atoms with van der Waals surface area (Å²) in [6, 6.07) is 15.2. The highest BCUT2D eigenvalue weighted by Crippen LogP contribution is 2.35. The summed E-state index contributed by atoms with van der Waals surface area (Å²) in [7, 11) is 0. The summed E-state index contributed by atoms with van der Waals surface area (Å²) >= 11 is 16.0. The summed E-state index contributed by atoms with van der Waals surface area (Å²) in [6.07, 6.45) is 1.98. The van der Waals surface area contributed by atoms with E-state index >= 15 is 0 Å². The Hall–Kier alpha value is -2.43. The number of carbonyl (C=O) groups excluding carboxylic acids is 1. The minimum atomic E-state index is -0.141. The quantitative estimate of drug-likeness (QED) is 0.163. The highest BCUT2D eigenvalue weighted by Gasteiger charge is 2.21. The Balaban J connectivity index is 1.44. The van der Waals surface area contributed by atoms with Gasteiger partial charge in [-0.05, 0) is 63.7 Å². The van der Waals surface area contributed by atoms with Crippen LogP contribution < -0.4 is 5.32 Å². The third-order valence-electron chi connectivity index (χ3n) is 6.33. The Bertz CT molecular complexity index is 1390. The van der Waals surface area contributed by atoms with E-state index in [-0.39, 0.29) is 11.9 Å². The van der Waals surface area contributed by atoms with Gasteiger partial charge in [-0.1, -0.05) is 73.1 Å². The molecule has 2 heterocycles. The van der Waals surface area contributed by atoms with Gasteiger partial charge in [-0.2, -0.15) is 0 Å².